The van der Waals surface area contributed by atoms with E-state index < -0.39 is 17.6 Å². The Balaban J connectivity index is 0.000000323. The minimum atomic E-state index is -4.61. The van der Waals surface area contributed by atoms with E-state index in [0.717, 1.165) is 33.3 Å². The normalized spacial score (nSPS) is 12.6. The van der Waals surface area contributed by atoms with Crippen LogP contribution in [-0.2, 0) is 6.18 Å². The van der Waals surface area contributed by atoms with Crippen molar-refractivity contribution in [2.75, 3.05) is 29.9 Å². The monoisotopic (exact) mass is 510 g/mol. The van der Waals surface area contributed by atoms with E-state index in [1.807, 2.05) is 36.4 Å². The van der Waals surface area contributed by atoms with Gasteiger partial charge in [0.25, 0.3) is 5.91 Å². The number of rotatable bonds is 3. The molecule has 1 aliphatic rings. The summed E-state index contributed by atoms with van der Waals surface area (Å²) in [5.41, 5.74) is 5.95. The fraction of sp³-hybridized carbons (Fsp3) is 0.174. The number of thiol groups is 1. The number of hydrogen-bond acceptors (Lipinski definition) is 6. The van der Waals surface area contributed by atoms with Gasteiger partial charge in [0, 0.05) is 21.0 Å². The van der Waals surface area contributed by atoms with Gasteiger partial charge in [0.05, 0.1) is 29.1 Å². The third-order valence-electron chi connectivity index (χ3n) is 4.72. The number of hydrogen-bond donors (Lipinski definition) is 2. The molecule has 174 valence electrons. The molecule has 4 nitrogen and oxygen atoms in total. The van der Waals surface area contributed by atoms with Gasteiger partial charge in [0.15, 0.2) is 0 Å². The summed E-state index contributed by atoms with van der Waals surface area (Å²) in [7, 11) is 1.19. The summed E-state index contributed by atoms with van der Waals surface area (Å²) < 4.78 is 45.1. The zero-order valence-electron chi connectivity index (χ0n) is 17.7. The Hall–Kier alpha value is -2.43. The number of benzene rings is 3. The van der Waals surface area contributed by atoms with Crippen LogP contribution in [0.3, 0.4) is 0 Å². The average Bonchev–Trinajstić information content (AvgIpc) is 3.23. The number of fused-ring (bicyclic) bond motifs is 1. The van der Waals surface area contributed by atoms with Crippen molar-refractivity contribution >= 4 is 53.4 Å². The molecule has 1 aliphatic heterocycles. The Kier molecular flexibility index (Phi) is 8.14. The van der Waals surface area contributed by atoms with Gasteiger partial charge in [-0.15, -0.1) is 36.2 Å². The molecule has 0 saturated heterocycles. The Morgan fingerprint density at radius 1 is 1.15 bits per heavy atom. The number of nitrogens with two attached hydrogens (primary N) is 1. The minimum absolute atomic E-state index is 0.00484. The van der Waals surface area contributed by atoms with Crippen LogP contribution >= 0.6 is 36.2 Å². The quantitative estimate of drug-likeness (QED) is 0.233. The lowest BCUT2D eigenvalue weighted by molar-refractivity contribution is -0.139. The van der Waals surface area contributed by atoms with Crippen LogP contribution in [0, 0.1) is 0 Å². The van der Waals surface area contributed by atoms with E-state index in [1.54, 1.807) is 18.4 Å². The van der Waals surface area contributed by atoms with Crippen molar-refractivity contribution in [1.29, 1.82) is 0 Å². The first-order valence-electron chi connectivity index (χ1n) is 9.57. The molecule has 0 fully saturated rings. The summed E-state index contributed by atoms with van der Waals surface area (Å²) in [5.74, 6) is -0.339. The van der Waals surface area contributed by atoms with Crippen LogP contribution in [0.2, 0.25) is 0 Å². The van der Waals surface area contributed by atoms with Crippen molar-refractivity contribution < 1.29 is 22.7 Å². The first kappa shape index (κ1) is 25.2. The third kappa shape index (κ3) is 5.74. The second-order valence-electron chi connectivity index (χ2n) is 6.79. The second kappa shape index (κ2) is 10.7. The molecule has 0 atom stereocenters. The van der Waals surface area contributed by atoms with E-state index in [-0.39, 0.29) is 16.2 Å². The van der Waals surface area contributed by atoms with Gasteiger partial charge in [-0.1, -0.05) is 24.3 Å². The van der Waals surface area contributed by atoms with E-state index in [1.165, 1.54) is 29.8 Å². The zero-order chi connectivity index (χ0) is 24.2. The van der Waals surface area contributed by atoms with Crippen molar-refractivity contribution in [2.24, 2.45) is 0 Å². The van der Waals surface area contributed by atoms with E-state index in [4.69, 9.17) is 10.5 Å². The molecule has 1 amide bonds. The number of thioether (sulfide) groups is 2. The predicted octanol–water partition coefficient (Wildman–Crippen LogP) is 6.70. The van der Waals surface area contributed by atoms with Crippen molar-refractivity contribution in [3.63, 3.8) is 0 Å². The molecule has 0 aromatic heterocycles. The van der Waals surface area contributed by atoms with Gasteiger partial charge in [-0.2, -0.15) is 13.2 Å². The molecule has 3 aromatic carbocycles. The molecule has 0 saturated carbocycles. The van der Waals surface area contributed by atoms with Crippen LogP contribution in [0.4, 0.5) is 24.5 Å². The van der Waals surface area contributed by atoms with Crippen LogP contribution in [0.25, 0.3) is 0 Å². The smallest absolute Gasteiger partial charge is 0.420 e. The molecule has 2 N–H and O–H groups in total. The van der Waals surface area contributed by atoms with Crippen LogP contribution in [0.1, 0.15) is 15.9 Å². The molecule has 10 heteroatoms. The number of nitrogens with zero attached hydrogens (tertiary/aromatic N) is 1. The number of ether oxygens (including phenoxy) is 1. The minimum Gasteiger partial charge on any atom is -0.495 e. The van der Waals surface area contributed by atoms with E-state index in [2.05, 4.69) is 12.6 Å². The number of carbonyl (C=O) groups is 1. The highest BCUT2D eigenvalue weighted by molar-refractivity contribution is 8.00. The fourth-order valence-electron chi connectivity index (χ4n) is 3.12. The van der Waals surface area contributed by atoms with Crippen molar-refractivity contribution in [1.82, 2.24) is 0 Å². The summed E-state index contributed by atoms with van der Waals surface area (Å²) in [6, 6.07) is 17.1. The highest BCUT2D eigenvalue weighted by Crippen LogP contribution is 2.43. The van der Waals surface area contributed by atoms with E-state index in [9.17, 15) is 18.0 Å². The lowest BCUT2D eigenvalue weighted by atomic mass is 10.1. The molecule has 1 heterocycles. The first-order chi connectivity index (χ1) is 15.7. The molecule has 0 aliphatic carbocycles. The predicted molar refractivity (Wildman–Crippen MR) is 132 cm³/mol. The summed E-state index contributed by atoms with van der Waals surface area (Å²) in [6.07, 6.45) is -2.96. The number of methoxy groups -OCH3 is 1. The summed E-state index contributed by atoms with van der Waals surface area (Å²) in [6.45, 7) is 0. The second-order valence-corrected chi connectivity index (χ2v) is 9.11. The third-order valence-corrected chi connectivity index (χ3v) is 6.91. The Morgan fingerprint density at radius 2 is 1.82 bits per heavy atom. The summed E-state index contributed by atoms with van der Waals surface area (Å²) >= 11 is 6.66. The molecule has 0 radical (unpaired) electrons. The largest absolute Gasteiger partial charge is 0.495 e. The number of amides is 1. The molecule has 0 unspecified atom stereocenters. The van der Waals surface area contributed by atoms with Gasteiger partial charge < -0.3 is 10.5 Å². The van der Waals surface area contributed by atoms with E-state index in [0.29, 0.717) is 11.6 Å². The molecule has 4 rings (SSSR count). The number of halogens is 3. The van der Waals surface area contributed by atoms with Gasteiger partial charge in [-0.05, 0) is 42.7 Å². The van der Waals surface area contributed by atoms with Crippen molar-refractivity contribution in [3.05, 3.63) is 71.8 Å². The van der Waals surface area contributed by atoms with Gasteiger partial charge in [0.1, 0.15) is 5.75 Å². The van der Waals surface area contributed by atoms with Gasteiger partial charge >= 0.3 is 6.18 Å². The Bertz CT molecular complexity index is 1140. The van der Waals surface area contributed by atoms with Crippen LogP contribution in [0.5, 0.6) is 5.75 Å². The standard InChI is InChI=1S/C17H14F3NO2S2.C6H7NS/c1-23-15-11(17(18,19)20)7-10(8-14(15)24-2)16(22)21-9-25-13-6-4-3-5-12(13)21;7-5-3-1-2-4-6(5)8/h3-8H,9H2,1-2H3;1-4,8H,7H2. The first-order valence-corrected chi connectivity index (χ1v) is 12.2. The molecular formula is C23H21F3N2O2S3. The van der Waals surface area contributed by atoms with E-state index >= 15 is 0 Å². The lowest BCUT2D eigenvalue weighted by Gasteiger charge is -2.20. The molecule has 3 aromatic rings. The number of carbonyl (C=O) groups excluding carboxylic acids is 1. The van der Waals surface area contributed by atoms with Gasteiger partial charge in [-0.25, -0.2) is 0 Å². The zero-order valence-corrected chi connectivity index (χ0v) is 20.2. The fourth-order valence-corrected chi connectivity index (χ4v) is 4.93. The Labute approximate surface area is 204 Å². The van der Waals surface area contributed by atoms with Gasteiger partial charge in [0.2, 0.25) is 0 Å². The number of alkyl halides is 3. The van der Waals surface area contributed by atoms with Crippen LogP contribution < -0.4 is 15.4 Å². The maximum atomic E-state index is 13.4. The molecule has 0 spiro atoms. The summed E-state index contributed by atoms with van der Waals surface area (Å²) in [4.78, 5) is 16.4. The lowest BCUT2D eigenvalue weighted by Crippen LogP contribution is -2.28. The molecule has 0 bridgehead atoms. The number of para-hydroxylation sites is 2. The maximum Gasteiger partial charge on any atom is 0.420 e. The van der Waals surface area contributed by atoms with Gasteiger partial charge in [-0.3, -0.25) is 9.69 Å². The highest BCUT2D eigenvalue weighted by atomic mass is 32.2. The SMILES string of the molecule is COc1c(SC)cc(C(=O)N2CSc3ccccc32)cc1C(F)(F)F.Nc1ccccc1S. The van der Waals surface area contributed by atoms with Crippen molar-refractivity contribution in [2.45, 2.75) is 20.9 Å². The van der Waals surface area contributed by atoms with Crippen LogP contribution in [0.15, 0.2) is 75.4 Å². The Morgan fingerprint density at radius 3 is 2.39 bits per heavy atom. The van der Waals surface area contributed by atoms with Crippen LogP contribution in [-0.4, -0.2) is 25.1 Å². The topological polar surface area (TPSA) is 55.6 Å². The maximum absolute atomic E-state index is 13.4. The summed E-state index contributed by atoms with van der Waals surface area (Å²) in [5, 5.41) is 0. The molecule has 33 heavy (non-hydrogen) atoms. The van der Waals surface area contributed by atoms with Crippen molar-refractivity contribution in [3.8, 4) is 5.75 Å². The number of anilines is 2. The average molecular weight is 511 g/mol. The molecular weight excluding hydrogens is 489 g/mol. The highest BCUT2D eigenvalue weighted by Gasteiger charge is 2.37. The number of nitrogen functional groups attached to an aromatic ring is 1.